The van der Waals surface area contributed by atoms with E-state index < -0.39 is 6.10 Å². The van der Waals surface area contributed by atoms with Crippen LogP contribution in [0.15, 0.2) is 18.2 Å². The van der Waals surface area contributed by atoms with Crippen LogP contribution in [0.2, 0.25) is 5.02 Å². The Labute approximate surface area is 104 Å². The molecule has 0 saturated carbocycles. The third-order valence-electron chi connectivity index (χ3n) is 2.87. The van der Waals surface area contributed by atoms with Gasteiger partial charge in [0.15, 0.2) is 0 Å². The molecule has 1 aliphatic heterocycles. The molecule has 1 amide bonds. The van der Waals surface area contributed by atoms with Crippen molar-refractivity contribution in [3.8, 4) is 5.75 Å². The van der Waals surface area contributed by atoms with Crippen molar-refractivity contribution >= 4 is 17.5 Å². The van der Waals surface area contributed by atoms with E-state index in [1.165, 1.54) is 12.1 Å². The molecule has 4 nitrogen and oxygen atoms in total. The molecule has 5 heteroatoms. The van der Waals surface area contributed by atoms with Gasteiger partial charge in [-0.1, -0.05) is 11.6 Å². The Bertz CT molecular complexity index is 436. The average Bonchev–Trinajstić information content (AvgIpc) is 2.28. The van der Waals surface area contributed by atoms with Crippen molar-refractivity contribution in [3.05, 3.63) is 28.8 Å². The maximum Gasteiger partial charge on any atom is 0.257 e. The number of phenolic OH excluding ortho intramolecular Hbond substituents is 1. The van der Waals surface area contributed by atoms with E-state index in [1.807, 2.05) is 0 Å². The number of hydrogen-bond acceptors (Lipinski definition) is 3. The van der Waals surface area contributed by atoms with Gasteiger partial charge in [-0.15, -0.1) is 0 Å². The van der Waals surface area contributed by atoms with Crippen molar-refractivity contribution in [1.82, 2.24) is 4.90 Å². The lowest BCUT2D eigenvalue weighted by Crippen LogP contribution is -2.42. The van der Waals surface area contributed by atoms with Gasteiger partial charge < -0.3 is 15.1 Å². The molecule has 1 aromatic rings. The number of hydrogen-bond donors (Lipinski definition) is 2. The molecule has 92 valence electrons. The molecule has 17 heavy (non-hydrogen) atoms. The molecular weight excluding hydrogens is 242 g/mol. The molecule has 1 aromatic carbocycles. The molecule has 2 rings (SSSR count). The third kappa shape index (κ3) is 2.70. The molecule has 0 spiro atoms. The quantitative estimate of drug-likeness (QED) is 0.802. The van der Waals surface area contributed by atoms with E-state index in [9.17, 15) is 15.0 Å². The zero-order valence-corrected chi connectivity index (χ0v) is 10.0. The number of likely N-dealkylation sites (tertiary alicyclic amines) is 1. The topological polar surface area (TPSA) is 60.8 Å². The summed E-state index contributed by atoms with van der Waals surface area (Å²) in [4.78, 5) is 13.6. The minimum absolute atomic E-state index is 0.123. The van der Waals surface area contributed by atoms with Gasteiger partial charge in [-0.2, -0.15) is 0 Å². The van der Waals surface area contributed by atoms with Crippen molar-refractivity contribution in [2.45, 2.75) is 18.9 Å². The first-order valence-electron chi connectivity index (χ1n) is 5.54. The van der Waals surface area contributed by atoms with E-state index in [0.29, 0.717) is 18.1 Å². The maximum atomic E-state index is 12.1. The fraction of sp³-hybridized carbons (Fsp3) is 0.417. The van der Waals surface area contributed by atoms with Crippen LogP contribution in [-0.4, -0.2) is 40.2 Å². The monoisotopic (exact) mass is 255 g/mol. The molecule has 1 fully saturated rings. The van der Waals surface area contributed by atoms with Crippen LogP contribution in [0.1, 0.15) is 23.2 Å². The van der Waals surface area contributed by atoms with E-state index in [0.717, 1.165) is 12.8 Å². The molecule has 1 atom stereocenters. The minimum Gasteiger partial charge on any atom is -0.507 e. The summed E-state index contributed by atoms with van der Waals surface area (Å²) >= 11 is 5.71. The molecule has 1 saturated heterocycles. The van der Waals surface area contributed by atoms with E-state index in [2.05, 4.69) is 0 Å². The van der Waals surface area contributed by atoms with Crippen LogP contribution in [0.4, 0.5) is 0 Å². The second-order valence-corrected chi connectivity index (χ2v) is 4.65. The lowest BCUT2D eigenvalue weighted by Gasteiger charge is -2.30. The first-order chi connectivity index (χ1) is 8.08. The molecule has 0 bridgehead atoms. The highest BCUT2D eigenvalue weighted by atomic mass is 35.5. The van der Waals surface area contributed by atoms with Gasteiger partial charge >= 0.3 is 0 Å². The number of benzene rings is 1. The van der Waals surface area contributed by atoms with E-state index >= 15 is 0 Å². The lowest BCUT2D eigenvalue weighted by molar-refractivity contribution is 0.0471. The maximum absolute atomic E-state index is 12.1. The van der Waals surface area contributed by atoms with Crippen LogP contribution in [0.3, 0.4) is 0 Å². The second kappa shape index (κ2) is 4.94. The number of aliphatic hydroxyl groups is 1. The molecule has 2 N–H and O–H groups in total. The minimum atomic E-state index is -0.470. The van der Waals surface area contributed by atoms with Gasteiger partial charge in [-0.3, -0.25) is 4.79 Å². The van der Waals surface area contributed by atoms with Crippen molar-refractivity contribution in [2.75, 3.05) is 13.1 Å². The van der Waals surface area contributed by atoms with Crippen LogP contribution in [0.5, 0.6) is 5.75 Å². The Balaban J connectivity index is 2.18. The number of piperidine rings is 1. The van der Waals surface area contributed by atoms with Gasteiger partial charge in [0, 0.05) is 18.1 Å². The van der Waals surface area contributed by atoms with Gasteiger partial charge in [0.05, 0.1) is 11.7 Å². The zero-order valence-electron chi connectivity index (χ0n) is 9.27. The average molecular weight is 256 g/mol. The Hall–Kier alpha value is -1.26. The first kappa shape index (κ1) is 12.2. The predicted octanol–water partition coefficient (Wildman–Crippen LogP) is 1.64. The molecule has 0 radical (unpaired) electrons. The van der Waals surface area contributed by atoms with Gasteiger partial charge in [-0.05, 0) is 31.0 Å². The van der Waals surface area contributed by atoms with Gasteiger partial charge in [0.2, 0.25) is 0 Å². The van der Waals surface area contributed by atoms with E-state index in [1.54, 1.807) is 11.0 Å². The summed E-state index contributed by atoms with van der Waals surface area (Å²) in [5.74, 6) is -0.388. The number of amides is 1. The SMILES string of the molecule is O=C(c1ccc(Cl)cc1O)N1CCCC(O)C1. The fourth-order valence-electron chi connectivity index (χ4n) is 2.00. The normalized spacial score (nSPS) is 20.4. The number of phenols is 1. The van der Waals surface area contributed by atoms with Crippen LogP contribution in [0, 0.1) is 0 Å². The smallest absolute Gasteiger partial charge is 0.257 e. The Kier molecular flexibility index (Phi) is 3.54. The number of rotatable bonds is 1. The highest BCUT2D eigenvalue weighted by Gasteiger charge is 2.24. The summed E-state index contributed by atoms with van der Waals surface area (Å²) in [5.41, 5.74) is 0.225. The van der Waals surface area contributed by atoms with Crippen molar-refractivity contribution < 1.29 is 15.0 Å². The van der Waals surface area contributed by atoms with Crippen molar-refractivity contribution in [1.29, 1.82) is 0 Å². The molecule has 1 unspecified atom stereocenters. The van der Waals surface area contributed by atoms with Crippen LogP contribution < -0.4 is 0 Å². The Morgan fingerprint density at radius 1 is 1.47 bits per heavy atom. The number of aromatic hydroxyl groups is 1. The fourth-order valence-corrected chi connectivity index (χ4v) is 2.16. The number of halogens is 1. The number of carbonyl (C=O) groups excluding carboxylic acids is 1. The summed E-state index contributed by atoms with van der Waals surface area (Å²) in [7, 11) is 0. The Morgan fingerprint density at radius 2 is 2.24 bits per heavy atom. The Morgan fingerprint density at radius 3 is 2.88 bits per heavy atom. The van der Waals surface area contributed by atoms with Crippen molar-refractivity contribution in [2.24, 2.45) is 0 Å². The number of aliphatic hydroxyl groups excluding tert-OH is 1. The van der Waals surface area contributed by atoms with Crippen LogP contribution in [-0.2, 0) is 0 Å². The number of β-amino-alcohol motifs (C(OH)–C–C–N with tert-alkyl or cyclic N) is 1. The second-order valence-electron chi connectivity index (χ2n) is 4.21. The van der Waals surface area contributed by atoms with E-state index in [4.69, 9.17) is 11.6 Å². The van der Waals surface area contributed by atoms with Crippen LogP contribution in [0.25, 0.3) is 0 Å². The van der Waals surface area contributed by atoms with Crippen LogP contribution >= 0.6 is 11.6 Å². The summed E-state index contributed by atoms with van der Waals surface area (Å²) in [6.45, 7) is 0.929. The summed E-state index contributed by atoms with van der Waals surface area (Å²) in [6, 6.07) is 4.41. The standard InChI is InChI=1S/C12H14ClNO3/c13-8-3-4-10(11(16)6-8)12(17)14-5-1-2-9(15)7-14/h3-4,6,9,15-16H,1-2,5,7H2. The molecule has 1 heterocycles. The highest BCUT2D eigenvalue weighted by Crippen LogP contribution is 2.24. The van der Waals surface area contributed by atoms with E-state index in [-0.39, 0.29) is 17.2 Å². The highest BCUT2D eigenvalue weighted by molar-refractivity contribution is 6.30. The molecule has 0 aromatic heterocycles. The van der Waals surface area contributed by atoms with Gasteiger partial charge in [-0.25, -0.2) is 0 Å². The summed E-state index contributed by atoms with van der Waals surface area (Å²) < 4.78 is 0. The summed E-state index contributed by atoms with van der Waals surface area (Å²) in [5, 5.41) is 19.6. The predicted molar refractivity (Wildman–Crippen MR) is 64.3 cm³/mol. The zero-order chi connectivity index (χ0) is 12.4. The largest absolute Gasteiger partial charge is 0.507 e. The number of nitrogens with zero attached hydrogens (tertiary/aromatic N) is 1. The molecule has 1 aliphatic rings. The van der Waals surface area contributed by atoms with Crippen molar-refractivity contribution in [3.63, 3.8) is 0 Å². The van der Waals surface area contributed by atoms with Gasteiger partial charge in [0.1, 0.15) is 5.75 Å². The number of carbonyl (C=O) groups is 1. The lowest BCUT2D eigenvalue weighted by atomic mass is 10.1. The summed E-state index contributed by atoms with van der Waals surface area (Å²) in [6.07, 6.45) is 1.03. The molecule has 0 aliphatic carbocycles. The molecular formula is C12H14ClNO3. The first-order valence-corrected chi connectivity index (χ1v) is 5.91. The van der Waals surface area contributed by atoms with Gasteiger partial charge in [0.25, 0.3) is 5.91 Å². The third-order valence-corrected chi connectivity index (χ3v) is 3.11.